The summed E-state index contributed by atoms with van der Waals surface area (Å²) in [5, 5.41) is 0. The SMILES string of the molecule is Cc1ccc(C23CCC4(C)CC42CC3)cc1F. The van der Waals surface area contributed by atoms with E-state index >= 15 is 0 Å². The highest BCUT2D eigenvalue weighted by Gasteiger charge is 2.81. The molecule has 90 valence electrons. The summed E-state index contributed by atoms with van der Waals surface area (Å²) in [6.45, 7) is 4.29. The minimum atomic E-state index is -0.0202. The molecule has 0 aliphatic heterocycles. The lowest BCUT2D eigenvalue weighted by atomic mass is 9.54. The van der Waals surface area contributed by atoms with E-state index in [9.17, 15) is 4.39 Å². The monoisotopic (exact) mass is 230 g/mol. The van der Waals surface area contributed by atoms with E-state index in [0.717, 1.165) is 5.56 Å². The molecule has 3 aliphatic carbocycles. The molecule has 1 heteroatoms. The van der Waals surface area contributed by atoms with E-state index in [4.69, 9.17) is 0 Å². The van der Waals surface area contributed by atoms with Crippen LogP contribution >= 0.6 is 0 Å². The standard InChI is InChI=1S/C16H19F/c1-11-3-4-12(9-13(11)17)15-6-5-14(2)10-16(14,15)8-7-15/h3-4,9H,5-8,10H2,1-2H3. The van der Waals surface area contributed by atoms with Crippen LogP contribution in [0, 0.1) is 23.6 Å². The number of halogens is 1. The van der Waals surface area contributed by atoms with Crippen LogP contribution in [0.2, 0.25) is 0 Å². The van der Waals surface area contributed by atoms with Crippen LogP contribution in [0.3, 0.4) is 0 Å². The largest absolute Gasteiger partial charge is 0.207 e. The molecule has 3 atom stereocenters. The molecule has 0 N–H and O–H groups in total. The molecular formula is C16H19F. The summed E-state index contributed by atoms with van der Waals surface area (Å²) >= 11 is 0. The molecular weight excluding hydrogens is 211 g/mol. The Bertz CT molecular complexity index is 516. The summed E-state index contributed by atoms with van der Waals surface area (Å²) in [6, 6.07) is 5.97. The van der Waals surface area contributed by atoms with Crippen LogP contribution in [0.5, 0.6) is 0 Å². The van der Waals surface area contributed by atoms with E-state index in [0.29, 0.717) is 16.2 Å². The van der Waals surface area contributed by atoms with Crippen LogP contribution in [-0.4, -0.2) is 0 Å². The van der Waals surface area contributed by atoms with Crippen LogP contribution in [0.25, 0.3) is 0 Å². The van der Waals surface area contributed by atoms with Crippen LogP contribution in [0.15, 0.2) is 18.2 Å². The van der Waals surface area contributed by atoms with E-state index < -0.39 is 0 Å². The number of aryl methyl sites for hydroxylation is 1. The van der Waals surface area contributed by atoms with Gasteiger partial charge in [-0.2, -0.15) is 0 Å². The van der Waals surface area contributed by atoms with Gasteiger partial charge in [0.2, 0.25) is 0 Å². The topological polar surface area (TPSA) is 0 Å². The molecule has 0 saturated heterocycles. The highest BCUT2D eigenvalue weighted by atomic mass is 19.1. The molecule has 3 saturated carbocycles. The lowest BCUT2D eigenvalue weighted by Gasteiger charge is -2.50. The second-order valence-electron chi connectivity index (χ2n) is 6.87. The van der Waals surface area contributed by atoms with Crippen molar-refractivity contribution in [3.63, 3.8) is 0 Å². The zero-order valence-electron chi connectivity index (χ0n) is 10.6. The van der Waals surface area contributed by atoms with Gasteiger partial charge in [-0.25, -0.2) is 4.39 Å². The van der Waals surface area contributed by atoms with Gasteiger partial charge in [0.1, 0.15) is 5.82 Å². The predicted octanol–water partition coefficient (Wildman–Crippen LogP) is 4.36. The van der Waals surface area contributed by atoms with Crippen molar-refractivity contribution in [2.24, 2.45) is 10.8 Å². The van der Waals surface area contributed by atoms with E-state index in [2.05, 4.69) is 13.0 Å². The predicted molar refractivity (Wildman–Crippen MR) is 66.4 cm³/mol. The molecule has 3 aliphatic rings. The van der Waals surface area contributed by atoms with Crippen molar-refractivity contribution < 1.29 is 4.39 Å². The first-order chi connectivity index (χ1) is 8.03. The van der Waals surface area contributed by atoms with Gasteiger partial charge in [0.05, 0.1) is 0 Å². The van der Waals surface area contributed by atoms with Gasteiger partial charge < -0.3 is 0 Å². The molecule has 1 spiro atoms. The van der Waals surface area contributed by atoms with Crippen molar-refractivity contribution in [1.82, 2.24) is 0 Å². The minimum Gasteiger partial charge on any atom is -0.207 e. The van der Waals surface area contributed by atoms with Gasteiger partial charge >= 0.3 is 0 Å². The second-order valence-corrected chi connectivity index (χ2v) is 6.87. The first kappa shape index (κ1) is 10.1. The summed E-state index contributed by atoms with van der Waals surface area (Å²) in [6.07, 6.45) is 6.67. The smallest absolute Gasteiger partial charge is 0.126 e. The summed E-state index contributed by atoms with van der Waals surface area (Å²) in [7, 11) is 0. The Hall–Kier alpha value is -0.850. The average Bonchev–Trinajstić information content (AvgIpc) is 2.88. The fourth-order valence-corrected chi connectivity index (χ4v) is 5.12. The molecule has 0 aromatic heterocycles. The molecule has 3 fully saturated rings. The first-order valence-corrected chi connectivity index (χ1v) is 6.80. The highest BCUT2D eigenvalue weighted by molar-refractivity contribution is 5.44. The quantitative estimate of drug-likeness (QED) is 0.672. The van der Waals surface area contributed by atoms with Gasteiger partial charge in [0.15, 0.2) is 0 Å². The molecule has 0 heterocycles. The Balaban J connectivity index is 1.83. The molecule has 17 heavy (non-hydrogen) atoms. The molecule has 0 amide bonds. The Morgan fingerprint density at radius 1 is 1.12 bits per heavy atom. The Labute approximate surface area is 102 Å². The van der Waals surface area contributed by atoms with E-state index in [-0.39, 0.29) is 5.82 Å². The zero-order valence-corrected chi connectivity index (χ0v) is 10.6. The van der Waals surface area contributed by atoms with Crippen molar-refractivity contribution in [3.05, 3.63) is 35.1 Å². The van der Waals surface area contributed by atoms with Gasteiger partial charge in [-0.1, -0.05) is 19.1 Å². The van der Waals surface area contributed by atoms with Gasteiger partial charge in [-0.05, 0) is 67.1 Å². The van der Waals surface area contributed by atoms with Crippen LogP contribution < -0.4 is 0 Å². The fraction of sp³-hybridized carbons (Fsp3) is 0.625. The zero-order chi connectivity index (χ0) is 11.9. The van der Waals surface area contributed by atoms with Gasteiger partial charge in [0.25, 0.3) is 0 Å². The minimum absolute atomic E-state index is 0.0202. The summed E-state index contributed by atoms with van der Waals surface area (Å²) < 4.78 is 13.8. The van der Waals surface area contributed by atoms with E-state index in [1.165, 1.54) is 37.7 Å². The lowest BCUT2D eigenvalue weighted by Crippen LogP contribution is -2.44. The molecule has 1 aromatic rings. The van der Waals surface area contributed by atoms with Crippen LogP contribution in [-0.2, 0) is 5.41 Å². The Kier molecular flexibility index (Phi) is 1.55. The van der Waals surface area contributed by atoms with Crippen LogP contribution in [0.4, 0.5) is 4.39 Å². The summed E-state index contributed by atoms with van der Waals surface area (Å²) in [5.41, 5.74) is 3.55. The third-order valence-corrected chi connectivity index (χ3v) is 6.44. The Morgan fingerprint density at radius 3 is 2.41 bits per heavy atom. The van der Waals surface area contributed by atoms with E-state index in [1.807, 2.05) is 19.1 Å². The maximum absolute atomic E-state index is 13.8. The highest BCUT2D eigenvalue weighted by Crippen LogP contribution is 2.88. The number of rotatable bonds is 1. The maximum Gasteiger partial charge on any atom is 0.126 e. The van der Waals surface area contributed by atoms with Gasteiger partial charge in [-0.3, -0.25) is 0 Å². The molecule has 1 aromatic carbocycles. The summed E-state index contributed by atoms with van der Waals surface area (Å²) in [5.74, 6) is -0.0202. The van der Waals surface area contributed by atoms with Crippen molar-refractivity contribution >= 4 is 0 Å². The lowest BCUT2D eigenvalue weighted by molar-refractivity contribution is 0.0973. The van der Waals surface area contributed by atoms with Crippen molar-refractivity contribution in [3.8, 4) is 0 Å². The summed E-state index contributed by atoms with van der Waals surface area (Å²) in [4.78, 5) is 0. The number of benzene rings is 1. The molecule has 4 rings (SSSR count). The van der Waals surface area contributed by atoms with Crippen molar-refractivity contribution in [1.29, 1.82) is 0 Å². The molecule has 3 unspecified atom stereocenters. The second kappa shape index (κ2) is 2.60. The number of hydrogen-bond acceptors (Lipinski definition) is 0. The van der Waals surface area contributed by atoms with Crippen molar-refractivity contribution in [2.75, 3.05) is 0 Å². The first-order valence-electron chi connectivity index (χ1n) is 6.80. The third kappa shape index (κ3) is 0.893. The molecule has 0 nitrogen and oxygen atoms in total. The normalized spacial score (nSPS) is 46.1. The average molecular weight is 230 g/mol. The van der Waals surface area contributed by atoms with Gasteiger partial charge in [-0.15, -0.1) is 0 Å². The fourth-order valence-electron chi connectivity index (χ4n) is 5.12. The third-order valence-electron chi connectivity index (χ3n) is 6.44. The molecule has 0 bridgehead atoms. The van der Waals surface area contributed by atoms with Gasteiger partial charge in [0, 0.05) is 5.41 Å². The Morgan fingerprint density at radius 2 is 1.88 bits per heavy atom. The van der Waals surface area contributed by atoms with E-state index in [1.54, 1.807) is 0 Å². The van der Waals surface area contributed by atoms with Crippen LogP contribution in [0.1, 0.15) is 50.2 Å². The number of hydrogen-bond donors (Lipinski definition) is 0. The van der Waals surface area contributed by atoms with Crippen molar-refractivity contribution in [2.45, 2.75) is 51.4 Å². The maximum atomic E-state index is 13.8. The molecule has 0 radical (unpaired) electrons.